The molecule has 5 heteroatoms. The second-order valence-electron chi connectivity index (χ2n) is 4.97. The molecule has 0 saturated heterocycles. The third kappa shape index (κ3) is 2.61. The van der Waals surface area contributed by atoms with Gasteiger partial charge in [-0.1, -0.05) is 19.1 Å². The number of carbonyl (C=O) groups excluding carboxylic acids is 1. The third-order valence-electron chi connectivity index (χ3n) is 3.64. The smallest absolute Gasteiger partial charge is 0.314 e. The maximum Gasteiger partial charge on any atom is 0.314 e. The Morgan fingerprint density at radius 1 is 1.37 bits per heavy atom. The summed E-state index contributed by atoms with van der Waals surface area (Å²) in [5.74, 6) is -1.01. The first kappa shape index (κ1) is 13.5. The van der Waals surface area contributed by atoms with Crippen molar-refractivity contribution in [3.8, 4) is 0 Å². The first-order chi connectivity index (χ1) is 8.99. The predicted octanol–water partition coefficient (Wildman–Crippen LogP) is 1.48. The van der Waals surface area contributed by atoms with E-state index < -0.39 is 17.4 Å². The van der Waals surface area contributed by atoms with Crippen molar-refractivity contribution in [2.75, 3.05) is 5.32 Å². The van der Waals surface area contributed by atoms with Crippen LogP contribution in [0.5, 0.6) is 0 Å². The molecule has 0 radical (unpaired) electrons. The van der Waals surface area contributed by atoms with Crippen LogP contribution >= 0.6 is 0 Å². The summed E-state index contributed by atoms with van der Waals surface area (Å²) >= 11 is 0. The summed E-state index contributed by atoms with van der Waals surface area (Å²) in [7, 11) is 0. The molecule has 1 aromatic rings. The lowest BCUT2D eigenvalue weighted by molar-refractivity contribution is -0.140. The highest BCUT2D eigenvalue weighted by Crippen LogP contribution is 2.48. The van der Waals surface area contributed by atoms with E-state index in [1.807, 2.05) is 6.92 Å². The molecule has 19 heavy (non-hydrogen) atoms. The van der Waals surface area contributed by atoms with E-state index in [0.29, 0.717) is 24.9 Å². The predicted molar refractivity (Wildman–Crippen MR) is 71.9 cm³/mol. The van der Waals surface area contributed by atoms with Crippen molar-refractivity contribution in [2.45, 2.75) is 37.6 Å². The number of carbonyl (C=O) groups is 2. The zero-order valence-corrected chi connectivity index (χ0v) is 10.8. The van der Waals surface area contributed by atoms with Crippen LogP contribution in [0.15, 0.2) is 24.3 Å². The van der Waals surface area contributed by atoms with E-state index in [-0.39, 0.29) is 5.91 Å². The first-order valence-electron chi connectivity index (χ1n) is 6.40. The Kier molecular flexibility index (Phi) is 3.57. The third-order valence-corrected chi connectivity index (χ3v) is 3.64. The van der Waals surface area contributed by atoms with Crippen LogP contribution in [-0.4, -0.2) is 23.0 Å². The van der Waals surface area contributed by atoms with E-state index in [1.165, 1.54) is 0 Å². The molecule has 1 fully saturated rings. The second-order valence-corrected chi connectivity index (χ2v) is 4.97. The molecule has 0 aromatic heterocycles. The lowest BCUT2D eigenvalue weighted by Gasteiger charge is -2.13. The van der Waals surface area contributed by atoms with Crippen LogP contribution in [0.3, 0.4) is 0 Å². The van der Waals surface area contributed by atoms with E-state index in [0.717, 1.165) is 5.56 Å². The molecule has 0 aliphatic heterocycles. The lowest BCUT2D eigenvalue weighted by atomic mass is 9.96. The number of nitrogens with one attached hydrogen (secondary N) is 1. The van der Waals surface area contributed by atoms with E-state index in [2.05, 4.69) is 5.32 Å². The Hall–Kier alpha value is -1.88. The molecule has 102 valence electrons. The highest BCUT2D eigenvalue weighted by atomic mass is 16.4. The Labute approximate surface area is 111 Å². The van der Waals surface area contributed by atoms with Crippen molar-refractivity contribution in [2.24, 2.45) is 5.73 Å². The largest absolute Gasteiger partial charge is 0.481 e. The summed E-state index contributed by atoms with van der Waals surface area (Å²) < 4.78 is 0. The number of carboxylic acid groups (broad SMARTS) is 1. The average Bonchev–Trinajstić information content (AvgIpc) is 3.20. The molecule has 5 nitrogen and oxygen atoms in total. The Balaban J connectivity index is 2.07. The van der Waals surface area contributed by atoms with Gasteiger partial charge in [0.2, 0.25) is 5.91 Å². The number of anilines is 1. The number of nitrogens with two attached hydrogens (primary N) is 1. The summed E-state index contributed by atoms with van der Waals surface area (Å²) in [6, 6.07) is 6.44. The first-order valence-corrected chi connectivity index (χ1v) is 6.40. The molecule has 1 amide bonds. The van der Waals surface area contributed by atoms with Gasteiger partial charge in [0, 0.05) is 5.69 Å². The molecule has 0 bridgehead atoms. The van der Waals surface area contributed by atoms with E-state index in [9.17, 15) is 14.7 Å². The number of carboxylic acids is 1. The molecule has 1 atom stereocenters. The number of hydrogen-bond acceptors (Lipinski definition) is 3. The molecule has 0 unspecified atom stereocenters. The molecular weight excluding hydrogens is 244 g/mol. The molecular formula is C14H18N2O3. The molecule has 4 N–H and O–H groups in total. The van der Waals surface area contributed by atoms with Gasteiger partial charge in [0.05, 0.1) is 11.5 Å². The fourth-order valence-corrected chi connectivity index (χ4v) is 2.04. The van der Waals surface area contributed by atoms with Crippen LogP contribution in [0.1, 0.15) is 31.7 Å². The topological polar surface area (TPSA) is 92.4 Å². The normalized spacial score (nSPS) is 17.6. The van der Waals surface area contributed by atoms with Crippen LogP contribution < -0.4 is 11.1 Å². The Bertz CT molecular complexity index is 492. The van der Waals surface area contributed by atoms with Gasteiger partial charge in [-0.3, -0.25) is 9.59 Å². The highest BCUT2D eigenvalue weighted by molar-refractivity contribution is 5.94. The van der Waals surface area contributed by atoms with Crippen LogP contribution in [0, 0.1) is 0 Å². The molecule has 0 heterocycles. The maximum absolute atomic E-state index is 11.6. The minimum absolute atomic E-state index is 0.227. The molecule has 1 aromatic carbocycles. The zero-order valence-electron chi connectivity index (χ0n) is 10.8. The van der Waals surface area contributed by atoms with E-state index >= 15 is 0 Å². The van der Waals surface area contributed by atoms with Crippen molar-refractivity contribution in [3.05, 3.63) is 29.8 Å². The van der Waals surface area contributed by atoms with Crippen LogP contribution in [0.2, 0.25) is 0 Å². The van der Waals surface area contributed by atoms with Gasteiger partial charge in [-0.15, -0.1) is 0 Å². The van der Waals surface area contributed by atoms with Crippen LogP contribution in [0.25, 0.3) is 0 Å². The summed E-state index contributed by atoms with van der Waals surface area (Å²) in [6.45, 7) is 1.84. The van der Waals surface area contributed by atoms with Gasteiger partial charge in [-0.2, -0.15) is 0 Å². The van der Waals surface area contributed by atoms with Gasteiger partial charge in [0.1, 0.15) is 0 Å². The fraction of sp³-hybridized carbons (Fsp3) is 0.429. The van der Waals surface area contributed by atoms with Gasteiger partial charge < -0.3 is 16.2 Å². The summed E-state index contributed by atoms with van der Waals surface area (Å²) in [6.07, 6.45) is 1.93. The summed E-state index contributed by atoms with van der Waals surface area (Å²) in [5.41, 5.74) is 6.34. The minimum Gasteiger partial charge on any atom is -0.481 e. The molecule has 2 rings (SSSR count). The maximum atomic E-state index is 11.6. The quantitative estimate of drug-likeness (QED) is 0.749. The van der Waals surface area contributed by atoms with Crippen LogP contribution in [-0.2, 0) is 15.0 Å². The van der Waals surface area contributed by atoms with E-state index in [1.54, 1.807) is 24.3 Å². The monoisotopic (exact) mass is 262 g/mol. The lowest BCUT2D eigenvalue weighted by Crippen LogP contribution is -2.34. The SMILES string of the molecule is CC[C@@H](N)C(=O)Nc1ccc(C2(C(=O)O)CC2)cc1. The Morgan fingerprint density at radius 2 is 1.95 bits per heavy atom. The number of aliphatic carboxylic acids is 1. The summed E-state index contributed by atoms with van der Waals surface area (Å²) in [4.78, 5) is 22.8. The zero-order chi connectivity index (χ0) is 14.0. The number of hydrogen-bond donors (Lipinski definition) is 3. The van der Waals surface area contributed by atoms with Crippen molar-refractivity contribution in [1.29, 1.82) is 0 Å². The van der Waals surface area contributed by atoms with Crippen molar-refractivity contribution in [1.82, 2.24) is 0 Å². The van der Waals surface area contributed by atoms with Crippen molar-refractivity contribution >= 4 is 17.6 Å². The van der Waals surface area contributed by atoms with Crippen molar-refractivity contribution < 1.29 is 14.7 Å². The number of benzene rings is 1. The second kappa shape index (κ2) is 5.01. The molecule has 1 saturated carbocycles. The number of rotatable bonds is 5. The highest BCUT2D eigenvalue weighted by Gasteiger charge is 2.51. The summed E-state index contributed by atoms with van der Waals surface area (Å²) in [5, 5.41) is 11.9. The van der Waals surface area contributed by atoms with Gasteiger partial charge in [-0.05, 0) is 37.0 Å². The van der Waals surface area contributed by atoms with Gasteiger partial charge in [-0.25, -0.2) is 0 Å². The number of amides is 1. The van der Waals surface area contributed by atoms with Gasteiger partial charge in [0.25, 0.3) is 0 Å². The Morgan fingerprint density at radius 3 is 2.37 bits per heavy atom. The average molecular weight is 262 g/mol. The van der Waals surface area contributed by atoms with Crippen molar-refractivity contribution in [3.63, 3.8) is 0 Å². The molecule has 1 aliphatic rings. The molecule has 1 aliphatic carbocycles. The van der Waals surface area contributed by atoms with E-state index in [4.69, 9.17) is 5.73 Å². The standard InChI is InChI=1S/C14H18N2O3/c1-2-11(15)12(17)16-10-5-3-9(4-6-10)14(7-8-14)13(18)19/h3-6,11H,2,7-8,15H2,1H3,(H,16,17)(H,18,19)/t11-/m1/s1. The minimum atomic E-state index is -0.780. The molecule has 0 spiro atoms. The van der Waals surface area contributed by atoms with Gasteiger partial charge >= 0.3 is 5.97 Å². The van der Waals surface area contributed by atoms with Crippen LogP contribution in [0.4, 0.5) is 5.69 Å². The fourth-order valence-electron chi connectivity index (χ4n) is 2.04. The van der Waals surface area contributed by atoms with Gasteiger partial charge in [0.15, 0.2) is 0 Å².